The van der Waals surface area contributed by atoms with Gasteiger partial charge in [0.15, 0.2) is 5.75 Å². The second kappa shape index (κ2) is 7.14. The second-order valence-electron chi connectivity index (χ2n) is 3.44. The van der Waals surface area contributed by atoms with Crippen LogP contribution in [-0.2, 0) is 0 Å². The monoisotopic (exact) mass is 364 g/mol. The van der Waals surface area contributed by atoms with Crippen LogP contribution in [-0.4, -0.2) is 28.9 Å². The van der Waals surface area contributed by atoms with E-state index >= 15 is 0 Å². The third kappa shape index (κ3) is 3.83. The van der Waals surface area contributed by atoms with E-state index in [4.69, 9.17) is 4.74 Å². The molecule has 0 radical (unpaired) electrons. The molecule has 0 bridgehead atoms. The fourth-order valence-electron chi connectivity index (χ4n) is 1.34. The van der Waals surface area contributed by atoms with Crippen LogP contribution in [0.2, 0.25) is 0 Å². The van der Waals surface area contributed by atoms with Gasteiger partial charge < -0.3 is 10.1 Å². The molecule has 18 heavy (non-hydrogen) atoms. The molecule has 0 aliphatic heterocycles. The SMILES string of the molecule is COc1cc(C(=O)NCCCI)ccc1[N+](=O)[O-]. The van der Waals surface area contributed by atoms with E-state index < -0.39 is 4.92 Å². The molecule has 1 aromatic carbocycles. The fraction of sp³-hybridized carbons (Fsp3) is 0.364. The number of hydrogen-bond acceptors (Lipinski definition) is 4. The lowest BCUT2D eigenvalue weighted by atomic mass is 10.1. The van der Waals surface area contributed by atoms with E-state index in [1.807, 2.05) is 0 Å². The summed E-state index contributed by atoms with van der Waals surface area (Å²) in [6, 6.07) is 4.06. The highest BCUT2D eigenvalue weighted by molar-refractivity contribution is 14.1. The quantitative estimate of drug-likeness (QED) is 0.276. The van der Waals surface area contributed by atoms with Gasteiger partial charge >= 0.3 is 5.69 Å². The first kappa shape index (κ1) is 14.7. The summed E-state index contributed by atoms with van der Waals surface area (Å²) in [6.07, 6.45) is 0.885. The molecular formula is C11H13IN2O4. The van der Waals surface area contributed by atoms with Crippen molar-refractivity contribution in [3.63, 3.8) is 0 Å². The van der Waals surface area contributed by atoms with E-state index in [2.05, 4.69) is 27.9 Å². The number of benzene rings is 1. The largest absolute Gasteiger partial charge is 0.490 e. The van der Waals surface area contributed by atoms with Crippen LogP contribution < -0.4 is 10.1 Å². The zero-order valence-electron chi connectivity index (χ0n) is 9.81. The van der Waals surface area contributed by atoms with Crippen molar-refractivity contribution >= 4 is 34.2 Å². The number of nitro benzene ring substituents is 1. The Kier molecular flexibility index (Phi) is 5.83. The van der Waals surface area contributed by atoms with Gasteiger partial charge in [-0.3, -0.25) is 14.9 Å². The van der Waals surface area contributed by atoms with Gasteiger partial charge in [0, 0.05) is 28.7 Å². The minimum Gasteiger partial charge on any atom is -0.490 e. The van der Waals surface area contributed by atoms with Gasteiger partial charge in [-0.1, -0.05) is 22.6 Å². The van der Waals surface area contributed by atoms with Crippen LogP contribution >= 0.6 is 22.6 Å². The number of nitro groups is 1. The Morgan fingerprint density at radius 3 is 2.83 bits per heavy atom. The van der Waals surface area contributed by atoms with Gasteiger partial charge in [0.05, 0.1) is 12.0 Å². The summed E-state index contributed by atoms with van der Waals surface area (Å²) in [6.45, 7) is 0.584. The van der Waals surface area contributed by atoms with Crippen LogP contribution in [0.1, 0.15) is 16.8 Å². The van der Waals surface area contributed by atoms with Crippen LogP contribution in [0.5, 0.6) is 5.75 Å². The molecule has 0 aliphatic rings. The molecule has 1 amide bonds. The van der Waals surface area contributed by atoms with E-state index in [1.165, 1.54) is 25.3 Å². The van der Waals surface area contributed by atoms with Crippen LogP contribution in [0.25, 0.3) is 0 Å². The van der Waals surface area contributed by atoms with Gasteiger partial charge in [0.25, 0.3) is 5.91 Å². The van der Waals surface area contributed by atoms with E-state index in [1.54, 1.807) is 0 Å². The second-order valence-corrected chi connectivity index (χ2v) is 4.52. The summed E-state index contributed by atoms with van der Waals surface area (Å²) in [5.74, 6) is -0.172. The first-order valence-corrected chi connectivity index (χ1v) is 6.79. The Labute approximate surface area is 118 Å². The highest BCUT2D eigenvalue weighted by atomic mass is 127. The van der Waals surface area contributed by atoms with Crippen LogP contribution in [0, 0.1) is 10.1 Å². The summed E-state index contributed by atoms with van der Waals surface area (Å²) >= 11 is 2.23. The number of rotatable bonds is 6. The van der Waals surface area contributed by atoms with Crippen molar-refractivity contribution in [3.05, 3.63) is 33.9 Å². The number of halogens is 1. The molecule has 0 fully saturated rings. The van der Waals surface area contributed by atoms with Gasteiger partial charge in [-0.25, -0.2) is 0 Å². The lowest BCUT2D eigenvalue weighted by Gasteiger charge is -2.06. The maximum Gasteiger partial charge on any atom is 0.310 e. The molecule has 1 rings (SSSR count). The molecule has 0 aliphatic carbocycles. The van der Waals surface area contributed by atoms with Crippen molar-refractivity contribution in [2.45, 2.75) is 6.42 Å². The summed E-state index contributed by atoms with van der Waals surface area (Å²) in [7, 11) is 1.33. The van der Waals surface area contributed by atoms with Crippen molar-refractivity contribution in [3.8, 4) is 5.75 Å². The number of carbonyl (C=O) groups excluding carboxylic acids is 1. The molecule has 0 aromatic heterocycles. The molecule has 0 atom stereocenters. The highest BCUT2D eigenvalue weighted by Crippen LogP contribution is 2.27. The zero-order chi connectivity index (χ0) is 13.5. The molecule has 1 N–H and O–H groups in total. The Hall–Kier alpha value is -1.38. The lowest BCUT2D eigenvalue weighted by molar-refractivity contribution is -0.385. The summed E-state index contributed by atoms with van der Waals surface area (Å²) in [4.78, 5) is 21.9. The number of ether oxygens (including phenoxy) is 1. The van der Waals surface area contributed by atoms with Gasteiger partial charge in [-0.15, -0.1) is 0 Å². The van der Waals surface area contributed by atoms with Crippen molar-refractivity contribution in [2.24, 2.45) is 0 Å². The average Bonchev–Trinajstić information content (AvgIpc) is 2.37. The number of methoxy groups -OCH3 is 1. The first-order chi connectivity index (χ1) is 8.60. The number of nitrogens with zero attached hydrogens (tertiary/aromatic N) is 1. The molecular weight excluding hydrogens is 351 g/mol. The molecule has 1 aromatic rings. The summed E-state index contributed by atoms with van der Waals surface area (Å²) in [5.41, 5.74) is 0.201. The molecule has 7 heteroatoms. The predicted molar refractivity (Wildman–Crippen MR) is 75.5 cm³/mol. The van der Waals surface area contributed by atoms with Gasteiger partial charge in [-0.2, -0.15) is 0 Å². The van der Waals surface area contributed by atoms with E-state index in [9.17, 15) is 14.9 Å². The van der Waals surface area contributed by atoms with E-state index in [0.717, 1.165) is 10.8 Å². The Morgan fingerprint density at radius 1 is 1.56 bits per heavy atom. The summed E-state index contributed by atoms with van der Waals surface area (Å²) in [5, 5.41) is 13.4. The molecule has 0 unspecified atom stereocenters. The first-order valence-electron chi connectivity index (χ1n) is 5.26. The zero-order valence-corrected chi connectivity index (χ0v) is 12.0. The van der Waals surface area contributed by atoms with Gasteiger partial charge in [-0.05, 0) is 12.5 Å². The van der Waals surface area contributed by atoms with E-state index in [-0.39, 0.29) is 17.3 Å². The topological polar surface area (TPSA) is 81.5 Å². The minimum atomic E-state index is -0.545. The van der Waals surface area contributed by atoms with Gasteiger partial charge in [0.2, 0.25) is 0 Å². The molecule has 0 saturated heterocycles. The Bertz CT molecular complexity index is 451. The number of amides is 1. The smallest absolute Gasteiger partial charge is 0.310 e. The van der Waals surface area contributed by atoms with Crippen molar-refractivity contribution in [2.75, 3.05) is 18.1 Å². The molecule has 6 nitrogen and oxygen atoms in total. The van der Waals surface area contributed by atoms with E-state index in [0.29, 0.717) is 12.1 Å². The Morgan fingerprint density at radius 2 is 2.28 bits per heavy atom. The summed E-state index contributed by atoms with van der Waals surface area (Å²) < 4.78 is 5.86. The third-order valence-corrected chi connectivity index (χ3v) is 3.00. The maximum atomic E-state index is 11.7. The standard InChI is InChI=1S/C11H13IN2O4/c1-18-10-7-8(3-4-9(10)14(16)17)11(15)13-6-2-5-12/h3-4,7H,2,5-6H2,1H3,(H,13,15). The normalized spacial score (nSPS) is 9.89. The number of hydrogen-bond donors (Lipinski definition) is 1. The van der Waals surface area contributed by atoms with Crippen molar-refractivity contribution in [1.29, 1.82) is 0 Å². The molecule has 0 heterocycles. The number of nitrogens with one attached hydrogen (secondary N) is 1. The Balaban J connectivity index is 2.85. The van der Waals surface area contributed by atoms with Crippen LogP contribution in [0.3, 0.4) is 0 Å². The van der Waals surface area contributed by atoms with Crippen LogP contribution in [0.4, 0.5) is 5.69 Å². The third-order valence-electron chi connectivity index (χ3n) is 2.23. The minimum absolute atomic E-state index is 0.0848. The number of alkyl halides is 1. The predicted octanol–water partition coefficient (Wildman–Crippen LogP) is 2.16. The maximum absolute atomic E-state index is 11.7. The fourth-order valence-corrected chi connectivity index (χ4v) is 1.72. The molecule has 0 spiro atoms. The highest BCUT2D eigenvalue weighted by Gasteiger charge is 2.17. The van der Waals surface area contributed by atoms with Gasteiger partial charge in [0.1, 0.15) is 0 Å². The molecule has 98 valence electrons. The van der Waals surface area contributed by atoms with Crippen molar-refractivity contribution < 1.29 is 14.5 Å². The van der Waals surface area contributed by atoms with Crippen molar-refractivity contribution in [1.82, 2.24) is 5.32 Å². The van der Waals surface area contributed by atoms with Crippen LogP contribution in [0.15, 0.2) is 18.2 Å². The molecule has 0 saturated carbocycles. The average molecular weight is 364 g/mol. The number of carbonyl (C=O) groups is 1. The lowest BCUT2D eigenvalue weighted by Crippen LogP contribution is -2.24.